The maximum Gasteiger partial charge on any atom is 0.407 e. The average Bonchev–Trinajstić information content (AvgIpc) is 2.71. The summed E-state index contributed by atoms with van der Waals surface area (Å²) >= 11 is 0. The van der Waals surface area contributed by atoms with Gasteiger partial charge in [-0.2, -0.15) is 0 Å². The summed E-state index contributed by atoms with van der Waals surface area (Å²) in [7, 11) is 3.40. The molecule has 8 nitrogen and oxygen atoms in total. The van der Waals surface area contributed by atoms with Crippen LogP contribution < -0.4 is 25.4 Å². The smallest absolute Gasteiger partial charge is 0.407 e. The van der Waals surface area contributed by atoms with Gasteiger partial charge in [-0.25, -0.2) is 4.79 Å². The third kappa shape index (κ3) is 10.6. The number of benzene rings is 1. The molecule has 1 fully saturated rings. The summed E-state index contributed by atoms with van der Waals surface area (Å²) in [6, 6.07) is 8.04. The molecular weight excluding hydrogens is 523 g/mol. The first kappa shape index (κ1) is 28.1. The van der Waals surface area contributed by atoms with Gasteiger partial charge in [-0.15, -0.1) is 24.0 Å². The Morgan fingerprint density at radius 3 is 2.28 bits per heavy atom. The van der Waals surface area contributed by atoms with Gasteiger partial charge in [-0.1, -0.05) is 6.07 Å². The SMILES string of the molecule is CN=C(NCC(C)Oc1cccc(OC)c1)NC1CCC(NC(=O)OC(C)(C)C)CC1.I. The first-order valence-corrected chi connectivity index (χ1v) is 11.0. The van der Waals surface area contributed by atoms with E-state index in [1.807, 2.05) is 52.0 Å². The van der Waals surface area contributed by atoms with Crippen molar-refractivity contribution in [1.29, 1.82) is 0 Å². The Kier molecular flexibility index (Phi) is 11.9. The van der Waals surface area contributed by atoms with Gasteiger partial charge in [0.05, 0.1) is 13.7 Å². The first-order chi connectivity index (χ1) is 14.7. The number of hydrogen-bond donors (Lipinski definition) is 3. The fourth-order valence-corrected chi connectivity index (χ4v) is 3.43. The Bertz CT molecular complexity index is 731. The lowest BCUT2D eigenvalue weighted by molar-refractivity contribution is 0.0490. The topological polar surface area (TPSA) is 93.2 Å². The number of nitrogens with one attached hydrogen (secondary N) is 3. The third-order valence-electron chi connectivity index (χ3n) is 4.95. The number of hydrogen-bond acceptors (Lipinski definition) is 5. The van der Waals surface area contributed by atoms with Gasteiger partial charge in [0, 0.05) is 25.2 Å². The number of alkyl carbamates (subject to hydrolysis) is 1. The summed E-state index contributed by atoms with van der Waals surface area (Å²) in [5.74, 6) is 2.30. The molecule has 0 heterocycles. The second kappa shape index (κ2) is 13.6. The number of nitrogens with zero attached hydrogens (tertiary/aromatic N) is 1. The molecular formula is C23H39IN4O4. The highest BCUT2D eigenvalue weighted by molar-refractivity contribution is 14.0. The van der Waals surface area contributed by atoms with E-state index in [1.165, 1.54) is 0 Å². The maximum atomic E-state index is 12.0. The summed E-state index contributed by atoms with van der Waals surface area (Å²) in [5.41, 5.74) is -0.478. The van der Waals surface area contributed by atoms with Crippen LogP contribution in [0.25, 0.3) is 0 Å². The lowest BCUT2D eigenvalue weighted by atomic mass is 9.91. The molecule has 0 spiro atoms. The predicted molar refractivity (Wildman–Crippen MR) is 138 cm³/mol. The molecule has 1 aromatic rings. The molecule has 0 radical (unpaired) electrons. The van der Waals surface area contributed by atoms with E-state index in [0.717, 1.165) is 43.1 Å². The molecule has 1 aliphatic rings. The quantitative estimate of drug-likeness (QED) is 0.264. The molecule has 0 bridgehead atoms. The van der Waals surface area contributed by atoms with Gasteiger partial charge >= 0.3 is 6.09 Å². The molecule has 0 aromatic heterocycles. The number of ether oxygens (including phenoxy) is 3. The van der Waals surface area contributed by atoms with Crippen molar-refractivity contribution in [1.82, 2.24) is 16.0 Å². The first-order valence-electron chi connectivity index (χ1n) is 11.0. The summed E-state index contributed by atoms with van der Waals surface area (Å²) < 4.78 is 16.5. The van der Waals surface area contributed by atoms with Crippen LogP contribution >= 0.6 is 24.0 Å². The Balaban J connectivity index is 0.00000512. The van der Waals surface area contributed by atoms with Crippen LogP contribution in [0.3, 0.4) is 0 Å². The number of methoxy groups -OCH3 is 1. The van der Waals surface area contributed by atoms with Crippen LogP contribution in [0.5, 0.6) is 11.5 Å². The molecule has 182 valence electrons. The van der Waals surface area contributed by atoms with Gasteiger partial charge in [0.25, 0.3) is 0 Å². The van der Waals surface area contributed by atoms with Gasteiger partial charge in [0.2, 0.25) is 0 Å². The Morgan fingerprint density at radius 1 is 1.12 bits per heavy atom. The van der Waals surface area contributed by atoms with Crippen LogP contribution in [-0.2, 0) is 4.74 Å². The second-order valence-electron chi connectivity index (χ2n) is 8.90. The zero-order valence-electron chi connectivity index (χ0n) is 20.1. The highest BCUT2D eigenvalue weighted by Gasteiger charge is 2.25. The maximum absolute atomic E-state index is 12.0. The van der Waals surface area contributed by atoms with Gasteiger partial charge in [-0.05, 0) is 65.5 Å². The van der Waals surface area contributed by atoms with E-state index in [9.17, 15) is 4.79 Å². The van der Waals surface area contributed by atoms with E-state index in [2.05, 4.69) is 20.9 Å². The molecule has 32 heavy (non-hydrogen) atoms. The number of aliphatic imine (C=N–C) groups is 1. The minimum absolute atomic E-state index is 0. The van der Waals surface area contributed by atoms with Crippen LogP contribution in [0.2, 0.25) is 0 Å². The molecule has 1 amide bonds. The molecule has 1 unspecified atom stereocenters. The number of carbonyl (C=O) groups excluding carboxylic acids is 1. The zero-order chi connectivity index (χ0) is 22.9. The molecule has 0 aliphatic heterocycles. The molecule has 1 aliphatic carbocycles. The fraction of sp³-hybridized carbons (Fsp3) is 0.652. The van der Waals surface area contributed by atoms with Gasteiger partial charge < -0.3 is 30.2 Å². The van der Waals surface area contributed by atoms with Gasteiger partial charge in [0.1, 0.15) is 23.2 Å². The van der Waals surface area contributed by atoms with Crippen molar-refractivity contribution in [3.63, 3.8) is 0 Å². The molecule has 2 rings (SSSR count). The van der Waals surface area contributed by atoms with Crippen molar-refractivity contribution in [3.05, 3.63) is 24.3 Å². The van der Waals surface area contributed by atoms with Gasteiger partial charge in [0.15, 0.2) is 5.96 Å². The molecule has 0 saturated heterocycles. The van der Waals surface area contributed by atoms with Crippen LogP contribution in [0.15, 0.2) is 29.3 Å². The highest BCUT2D eigenvalue weighted by Crippen LogP contribution is 2.20. The summed E-state index contributed by atoms with van der Waals surface area (Å²) in [5, 5.41) is 9.78. The van der Waals surface area contributed by atoms with E-state index in [0.29, 0.717) is 12.6 Å². The van der Waals surface area contributed by atoms with E-state index >= 15 is 0 Å². The van der Waals surface area contributed by atoms with E-state index in [-0.39, 0.29) is 42.2 Å². The number of carbonyl (C=O) groups is 1. The lowest BCUT2D eigenvalue weighted by Crippen LogP contribution is -2.49. The predicted octanol–water partition coefficient (Wildman–Crippen LogP) is 4.08. The van der Waals surface area contributed by atoms with Crippen molar-refractivity contribution in [2.45, 2.75) is 77.2 Å². The second-order valence-corrected chi connectivity index (χ2v) is 8.90. The van der Waals surface area contributed by atoms with E-state index in [1.54, 1.807) is 14.2 Å². The van der Waals surface area contributed by atoms with Crippen LogP contribution in [-0.4, -0.2) is 56.5 Å². The monoisotopic (exact) mass is 562 g/mol. The summed E-state index contributed by atoms with van der Waals surface area (Å²) in [6.45, 7) is 8.23. The van der Waals surface area contributed by atoms with Crippen LogP contribution in [0.1, 0.15) is 53.4 Å². The third-order valence-corrected chi connectivity index (χ3v) is 4.95. The molecule has 3 N–H and O–H groups in total. The average molecular weight is 562 g/mol. The zero-order valence-corrected chi connectivity index (χ0v) is 22.4. The fourth-order valence-electron chi connectivity index (χ4n) is 3.43. The largest absolute Gasteiger partial charge is 0.497 e. The standard InChI is InChI=1S/C23H38N4O4.HI/c1-16(30-20-9-7-8-19(14-20)29-6)15-25-21(24-5)26-17-10-12-18(13-11-17)27-22(28)31-23(2,3)4;/h7-9,14,16-18H,10-13,15H2,1-6H3,(H,27,28)(H2,24,25,26);1H. The Hall–Kier alpha value is -1.91. The highest BCUT2D eigenvalue weighted by atomic mass is 127. The summed E-state index contributed by atoms with van der Waals surface area (Å²) in [6.07, 6.45) is 3.34. The minimum Gasteiger partial charge on any atom is -0.497 e. The molecule has 1 atom stereocenters. The number of guanidine groups is 1. The molecule has 1 aromatic carbocycles. The van der Waals surface area contributed by atoms with Crippen molar-refractivity contribution < 1.29 is 19.0 Å². The van der Waals surface area contributed by atoms with E-state index < -0.39 is 5.60 Å². The number of rotatable bonds is 7. The summed E-state index contributed by atoms with van der Waals surface area (Å²) in [4.78, 5) is 16.3. The van der Waals surface area contributed by atoms with Crippen molar-refractivity contribution >= 4 is 36.0 Å². The normalized spacial score (nSPS) is 19.8. The van der Waals surface area contributed by atoms with Gasteiger partial charge in [-0.3, -0.25) is 4.99 Å². The van der Waals surface area contributed by atoms with Crippen molar-refractivity contribution in [2.24, 2.45) is 4.99 Å². The van der Waals surface area contributed by atoms with Crippen molar-refractivity contribution in [3.8, 4) is 11.5 Å². The Morgan fingerprint density at radius 2 is 1.72 bits per heavy atom. The minimum atomic E-state index is -0.478. The van der Waals surface area contributed by atoms with Crippen molar-refractivity contribution in [2.75, 3.05) is 20.7 Å². The lowest BCUT2D eigenvalue weighted by Gasteiger charge is -2.31. The molecule has 9 heteroatoms. The molecule has 1 saturated carbocycles. The van der Waals surface area contributed by atoms with E-state index in [4.69, 9.17) is 14.2 Å². The number of amides is 1. The van der Waals surface area contributed by atoms with Crippen LogP contribution in [0, 0.1) is 0 Å². The Labute approximate surface area is 209 Å². The van der Waals surface area contributed by atoms with Crippen LogP contribution in [0.4, 0.5) is 4.79 Å². The number of halogens is 1.